The van der Waals surface area contributed by atoms with Crippen molar-refractivity contribution in [2.75, 3.05) is 18.4 Å². The first kappa shape index (κ1) is 16.4. The van der Waals surface area contributed by atoms with Crippen molar-refractivity contribution in [2.45, 2.75) is 12.8 Å². The monoisotopic (exact) mass is 441 g/mol. The molecule has 0 spiro atoms. The highest BCUT2D eigenvalue weighted by Gasteiger charge is 2.28. The Morgan fingerprint density at radius 2 is 2.00 bits per heavy atom. The molecule has 1 aromatic carbocycles. The van der Waals surface area contributed by atoms with Crippen LogP contribution in [0.15, 0.2) is 35.8 Å². The van der Waals surface area contributed by atoms with Gasteiger partial charge in [0, 0.05) is 34.2 Å². The molecule has 1 aliphatic rings. The van der Waals surface area contributed by atoms with E-state index in [1.54, 1.807) is 6.20 Å². The number of halogens is 1. The van der Waals surface area contributed by atoms with Crippen LogP contribution in [0.2, 0.25) is 0 Å². The maximum atomic E-state index is 12.6. The quantitative estimate of drug-likeness (QED) is 0.745. The van der Waals surface area contributed by atoms with Crippen LogP contribution < -0.4 is 5.32 Å². The Morgan fingerprint density at radius 1 is 1.26 bits per heavy atom. The molecular formula is C16H16IN3O2S. The van der Waals surface area contributed by atoms with E-state index >= 15 is 0 Å². The predicted molar refractivity (Wildman–Crippen MR) is 98.5 cm³/mol. The number of nitrogens with zero attached hydrogens (tertiary/aromatic N) is 2. The lowest BCUT2D eigenvalue weighted by Crippen LogP contribution is -2.41. The number of carbonyl (C=O) groups is 2. The van der Waals surface area contributed by atoms with Crippen LogP contribution in [0.1, 0.15) is 23.2 Å². The molecule has 1 saturated heterocycles. The van der Waals surface area contributed by atoms with Gasteiger partial charge in [0.25, 0.3) is 5.91 Å². The standard InChI is InChI=1S/C16H16IN3O2S/c17-13-4-2-1-3-12(13)15(22)20-8-5-11(6-9-20)14(21)19-16-18-7-10-23-16/h1-4,7,10-11H,5-6,8-9H2,(H,18,19,21). The number of rotatable bonds is 3. The minimum absolute atomic E-state index is 0.00124. The first-order chi connectivity index (χ1) is 11.1. The summed E-state index contributed by atoms with van der Waals surface area (Å²) >= 11 is 3.59. The van der Waals surface area contributed by atoms with Gasteiger partial charge in [-0.3, -0.25) is 9.59 Å². The third-order valence-corrected chi connectivity index (χ3v) is 5.55. The Kier molecular flexibility index (Phi) is 5.27. The second kappa shape index (κ2) is 7.39. The number of hydrogen-bond donors (Lipinski definition) is 1. The number of amides is 2. The van der Waals surface area contributed by atoms with Gasteiger partial charge in [0.2, 0.25) is 5.91 Å². The molecule has 0 aliphatic carbocycles. The number of benzene rings is 1. The molecule has 3 rings (SSSR count). The van der Waals surface area contributed by atoms with Gasteiger partial charge in [-0.15, -0.1) is 11.3 Å². The van der Waals surface area contributed by atoms with Gasteiger partial charge in [0.15, 0.2) is 5.13 Å². The summed E-state index contributed by atoms with van der Waals surface area (Å²) in [4.78, 5) is 30.7. The van der Waals surface area contributed by atoms with Crippen molar-refractivity contribution in [3.8, 4) is 0 Å². The molecule has 0 unspecified atom stereocenters. The van der Waals surface area contributed by atoms with E-state index in [1.807, 2.05) is 34.5 Å². The number of nitrogens with one attached hydrogen (secondary N) is 1. The largest absolute Gasteiger partial charge is 0.339 e. The molecule has 2 heterocycles. The Balaban J connectivity index is 1.57. The van der Waals surface area contributed by atoms with Crippen LogP contribution in [-0.4, -0.2) is 34.8 Å². The molecule has 1 N–H and O–H groups in total. The summed E-state index contributed by atoms with van der Waals surface area (Å²) < 4.78 is 0.957. The number of likely N-dealkylation sites (tertiary alicyclic amines) is 1. The van der Waals surface area contributed by atoms with E-state index in [2.05, 4.69) is 32.9 Å². The highest BCUT2D eigenvalue weighted by atomic mass is 127. The normalized spacial score (nSPS) is 15.4. The van der Waals surface area contributed by atoms with Gasteiger partial charge in [-0.1, -0.05) is 12.1 Å². The second-order valence-corrected chi connectivity index (χ2v) is 7.43. The van der Waals surface area contributed by atoms with Gasteiger partial charge in [-0.25, -0.2) is 4.98 Å². The first-order valence-electron chi connectivity index (χ1n) is 7.39. The zero-order chi connectivity index (χ0) is 16.2. The first-order valence-corrected chi connectivity index (χ1v) is 9.35. The molecule has 2 amide bonds. The maximum absolute atomic E-state index is 12.6. The van der Waals surface area contributed by atoms with Crippen molar-refractivity contribution in [3.05, 3.63) is 45.0 Å². The fourth-order valence-corrected chi connectivity index (χ4v) is 3.79. The van der Waals surface area contributed by atoms with E-state index < -0.39 is 0 Å². The van der Waals surface area contributed by atoms with Crippen molar-refractivity contribution >= 4 is 50.9 Å². The average molecular weight is 441 g/mol. The van der Waals surface area contributed by atoms with Crippen LogP contribution in [0, 0.1) is 9.49 Å². The molecule has 0 bridgehead atoms. The second-order valence-electron chi connectivity index (χ2n) is 5.37. The highest BCUT2D eigenvalue weighted by Crippen LogP contribution is 2.23. The van der Waals surface area contributed by atoms with Crippen molar-refractivity contribution in [1.82, 2.24) is 9.88 Å². The number of carbonyl (C=O) groups excluding carboxylic acids is 2. The Morgan fingerprint density at radius 3 is 2.65 bits per heavy atom. The summed E-state index contributed by atoms with van der Waals surface area (Å²) in [7, 11) is 0. The van der Waals surface area contributed by atoms with Gasteiger partial charge in [-0.05, 0) is 47.6 Å². The lowest BCUT2D eigenvalue weighted by Gasteiger charge is -2.31. The summed E-state index contributed by atoms with van der Waals surface area (Å²) in [6, 6.07) is 7.59. The summed E-state index contributed by atoms with van der Waals surface area (Å²) in [5.74, 6) is -0.00656. The predicted octanol–water partition coefficient (Wildman–Crippen LogP) is 3.24. The van der Waals surface area contributed by atoms with E-state index in [-0.39, 0.29) is 17.7 Å². The smallest absolute Gasteiger partial charge is 0.254 e. The van der Waals surface area contributed by atoms with Crippen LogP contribution in [-0.2, 0) is 4.79 Å². The lowest BCUT2D eigenvalue weighted by molar-refractivity contribution is -0.121. The van der Waals surface area contributed by atoms with E-state index in [4.69, 9.17) is 0 Å². The van der Waals surface area contributed by atoms with Gasteiger partial charge in [-0.2, -0.15) is 0 Å². The van der Waals surface area contributed by atoms with E-state index in [0.717, 1.165) is 9.13 Å². The van der Waals surface area contributed by atoms with Gasteiger partial charge >= 0.3 is 0 Å². The van der Waals surface area contributed by atoms with Gasteiger partial charge in [0.1, 0.15) is 0 Å². The molecule has 1 aliphatic heterocycles. The molecule has 0 atom stereocenters. The van der Waals surface area contributed by atoms with Crippen molar-refractivity contribution in [3.63, 3.8) is 0 Å². The Hall–Kier alpha value is -1.48. The van der Waals surface area contributed by atoms with Crippen molar-refractivity contribution in [1.29, 1.82) is 0 Å². The molecule has 120 valence electrons. The third-order valence-electron chi connectivity index (χ3n) is 3.92. The Bertz CT molecular complexity index is 697. The van der Waals surface area contributed by atoms with E-state index in [1.165, 1.54) is 11.3 Å². The van der Waals surface area contributed by atoms with E-state index in [9.17, 15) is 9.59 Å². The molecule has 1 aromatic heterocycles. The Labute approximate surface area is 152 Å². The molecule has 5 nitrogen and oxygen atoms in total. The average Bonchev–Trinajstić information content (AvgIpc) is 3.08. The molecule has 1 fully saturated rings. The SMILES string of the molecule is O=C(Nc1nccs1)C1CCN(C(=O)c2ccccc2I)CC1. The molecule has 7 heteroatoms. The van der Waals surface area contributed by atoms with Crippen LogP contribution in [0.25, 0.3) is 0 Å². The molecular weight excluding hydrogens is 425 g/mol. The zero-order valence-electron chi connectivity index (χ0n) is 12.4. The number of piperidine rings is 1. The number of aromatic nitrogens is 1. The van der Waals surface area contributed by atoms with Crippen LogP contribution in [0.3, 0.4) is 0 Å². The van der Waals surface area contributed by atoms with Crippen LogP contribution in [0.5, 0.6) is 0 Å². The van der Waals surface area contributed by atoms with E-state index in [0.29, 0.717) is 31.1 Å². The third kappa shape index (κ3) is 3.89. The summed E-state index contributed by atoms with van der Waals surface area (Å²) in [6.45, 7) is 1.22. The minimum atomic E-state index is -0.0576. The minimum Gasteiger partial charge on any atom is -0.339 e. The lowest BCUT2D eigenvalue weighted by atomic mass is 9.95. The fraction of sp³-hybridized carbons (Fsp3) is 0.312. The topological polar surface area (TPSA) is 62.3 Å². The number of hydrogen-bond acceptors (Lipinski definition) is 4. The number of anilines is 1. The molecule has 23 heavy (non-hydrogen) atoms. The summed E-state index contributed by atoms with van der Waals surface area (Å²) in [5.41, 5.74) is 0.735. The van der Waals surface area contributed by atoms with Gasteiger partial charge < -0.3 is 10.2 Å². The number of thiazole rings is 1. The van der Waals surface area contributed by atoms with Crippen LogP contribution >= 0.6 is 33.9 Å². The highest BCUT2D eigenvalue weighted by molar-refractivity contribution is 14.1. The summed E-state index contributed by atoms with van der Waals surface area (Å²) in [6.07, 6.45) is 3.04. The maximum Gasteiger partial charge on any atom is 0.254 e. The van der Waals surface area contributed by atoms with Gasteiger partial charge in [0.05, 0.1) is 5.56 Å². The van der Waals surface area contributed by atoms with Crippen molar-refractivity contribution < 1.29 is 9.59 Å². The zero-order valence-corrected chi connectivity index (χ0v) is 15.3. The molecule has 2 aromatic rings. The fourth-order valence-electron chi connectivity index (χ4n) is 2.64. The molecule has 0 radical (unpaired) electrons. The van der Waals surface area contributed by atoms with Crippen molar-refractivity contribution in [2.24, 2.45) is 5.92 Å². The molecule has 0 saturated carbocycles. The van der Waals surface area contributed by atoms with Crippen LogP contribution in [0.4, 0.5) is 5.13 Å². The summed E-state index contributed by atoms with van der Waals surface area (Å²) in [5, 5.41) is 5.30.